The molecule has 0 saturated carbocycles. The summed E-state index contributed by atoms with van der Waals surface area (Å²) < 4.78 is 37.5. The summed E-state index contributed by atoms with van der Waals surface area (Å²) in [5.41, 5.74) is 0.266. The van der Waals surface area contributed by atoms with Gasteiger partial charge in [-0.25, -0.2) is 14.8 Å². The Morgan fingerprint density at radius 1 is 0.923 bits per heavy atom. The number of rotatable bonds is 4. The summed E-state index contributed by atoms with van der Waals surface area (Å²) in [7, 11) is 0. The van der Waals surface area contributed by atoms with Crippen LogP contribution in [0.2, 0.25) is 0 Å². The van der Waals surface area contributed by atoms with Crippen molar-refractivity contribution in [2.75, 3.05) is 57.3 Å². The number of hydrogen-bond acceptors (Lipinski definition) is 7. The fourth-order valence-electron chi connectivity index (χ4n) is 5.25. The summed E-state index contributed by atoms with van der Waals surface area (Å²) in [5, 5.41) is 4.45. The number of likely N-dealkylation sites (tertiary alicyclic amines) is 2. The topological polar surface area (TPSA) is 102 Å². The summed E-state index contributed by atoms with van der Waals surface area (Å²) in [6, 6.07) is 5.12. The number of alkyl halides is 3. The molecule has 14 heteroatoms. The molecule has 0 radical (unpaired) electrons. The molecular formula is C25H30F3N7O3S. The molecule has 3 fully saturated rings. The molecule has 3 aliphatic heterocycles. The van der Waals surface area contributed by atoms with Gasteiger partial charge in [0.25, 0.3) is 5.91 Å². The highest BCUT2D eigenvalue weighted by molar-refractivity contribution is 7.09. The van der Waals surface area contributed by atoms with E-state index in [0.29, 0.717) is 26.2 Å². The molecule has 0 spiro atoms. The van der Waals surface area contributed by atoms with Crippen molar-refractivity contribution in [2.45, 2.75) is 37.4 Å². The van der Waals surface area contributed by atoms with Gasteiger partial charge in [-0.05, 0) is 31.4 Å². The molecule has 210 valence electrons. The number of urea groups is 1. The molecule has 1 N–H and O–H groups in total. The van der Waals surface area contributed by atoms with E-state index in [2.05, 4.69) is 14.9 Å². The number of halogens is 3. The van der Waals surface area contributed by atoms with Crippen molar-refractivity contribution in [1.82, 2.24) is 30.0 Å². The number of aromatic nitrogens is 2. The lowest BCUT2D eigenvalue weighted by Crippen LogP contribution is -2.54. The van der Waals surface area contributed by atoms with Gasteiger partial charge in [0.05, 0.1) is 5.01 Å². The minimum absolute atomic E-state index is 0.0180. The lowest BCUT2D eigenvalue weighted by atomic mass is 9.98. The summed E-state index contributed by atoms with van der Waals surface area (Å²) in [4.78, 5) is 53.4. The number of amides is 4. The van der Waals surface area contributed by atoms with Crippen molar-refractivity contribution >= 4 is 35.0 Å². The minimum atomic E-state index is -4.95. The zero-order valence-corrected chi connectivity index (χ0v) is 22.1. The lowest BCUT2D eigenvalue weighted by Gasteiger charge is -2.39. The van der Waals surface area contributed by atoms with E-state index in [1.54, 1.807) is 11.6 Å². The van der Waals surface area contributed by atoms with Crippen molar-refractivity contribution in [1.29, 1.82) is 0 Å². The molecule has 39 heavy (non-hydrogen) atoms. The fourth-order valence-corrected chi connectivity index (χ4v) is 6.22. The number of anilines is 1. The number of hydrogen-bond donors (Lipinski definition) is 1. The van der Waals surface area contributed by atoms with Crippen LogP contribution in [0.25, 0.3) is 0 Å². The third-order valence-electron chi connectivity index (χ3n) is 7.45. The molecule has 2 aromatic rings. The predicted octanol–water partition coefficient (Wildman–Crippen LogP) is 2.55. The predicted molar refractivity (Wildman–Crippen MR) is 138 cm³/mol. The molecule has 0 bridgehead atoms. The maximum Gasteiger partial charge on any atom is 0.471 e. The second kappa shape index (κ2) is 11.4. The van der Waals surface area contributed by atoms with Crippen LogP contribution in [0.15, 0.2) is 29.8 Å². The number of pyridine rings is 1. The van der Waals surface area contributed by atoms with Gasteiger partial charge in [0, 0.05) is 75.9 Å². The smallest absolute Gasteiger partial charge is 0.353 e. The van der Waals surface area contributed by atoms with Gasteiger partial charge in [-0.1, -0.05) is 6.07 Å². The van der Waals surface area contributed by atoms with Crippen molar-refractivity contribution in [3.8, 4) is 0 Å². The first-order valence-corrected chi connectivity index (χ1v) is 13.9. The molecule has 0 aliphatic carbocycles. The highest BCUT2D eigenvalue weighted by Crippen LogP contribution is 2.31. The zero-order valence-electron chi connectivity index (χ0n) is 21.3. The molecule has 1 atom stereocenters. The van der Waals surface area contributed by atoms with E-state index in [1.165, 1.54) is 16.2 Å². The largest absolute Gasteiger partial charge is 0.471 e. The van der Waals surface area contributed by atoms with Gasteiger partial charge in [0.1, 0.15) is 11.5 Å². The number of carbonyl (C=O) groups is 3. The van der Waals surface area contributed by atoms with Crippen molar-refractivity contribution in [2.24, 2.45) is 0 Å². The monoisotopic (exact) mass is 565 g/mol. The van der Waals surface area contributed by atoms with Crippen molar-refractivity contribution in [3.63, 3.8) is 0 Å². The van der Waals surface area contributed by atoms with E-state index < -0.39 is 18.1 Å². The van der Waals surface area contributed by atoms with E-state index >= 15 is 0 Å². The number of piperazine rings is 1. The van der Waals surface area contributed by atoms with E-state index in [4.69, 9.17) is 0 Å². The molecule has 1 unspecified atom stereocenters. The van der Waals surface area contributed by atoms with Crippen LogP contribution in [0.5, 0.6) is 0 Å². The highest BCUT2D eigenvalue weighted by Gasteiger charge is 2.41. The summed E-state index contributed by atoms with van der Waals surface area (Å²) in [6.45, 7) is 4.26. The zero-order chi connectivity index (χ0) is 27.6. The molecular weight excluding hydrogens is 535 g/mol. The SMILES string of the molecule is O=C(c1csc(C2CCN(C(=O)N3CCN(c4ccccn4)CC3)CC2)n1)N1CCC(NC(=O)C(F)(F)F)C1. The number of carbonyl (C=O) groups excluding carboxylic acids is 3. The van der Waals surface area contributed by atoms with Crippen LogP contribution >= 0.6 is 11.3 Å². The van der Waals surface area contributed by atoms with Gasteiger partial charge in [-0.3, -0.25) is 9.59 Å². The average Bonchev–Trinajstić information content (AvgIpc) is 3.63. The summed E-state index contributed by atoms with van der Waals surface area (Å²) >= 11 is 1.39. The van der Waals surface area contributed by atoms with Crippen LogP contribution in [-0.4, -0.2) is 107 Å². The Kier molecular flexibility index (Phi) is 7.91. The van der Waals surface area contributed by atoms with Crippen LogP contribution in [0, 0.1) is 0 Å². The molecule has 10 nitrogen and oxygen atoms in total. The van der Waals surface area contributed by atoms with Gasteiger partial charge in [-0.2, -0.15) is 13.2 Å². The van der Waals surface area contributed by atoms with Gasteiger partial charge >= 0.3 is 18.1 Å². The average molecular weight is 566 g/mol. The van der Waals surface area contributed by atoms with Gasteiger partial charge in [0.2, 0.25) is 0 Å². The minimum Gasteiger partial charge on any atom is -0.353 e. The summed E-state index contributed by atoms with van der Waals surface area (Å²) in [6.07, 6.45) is -1.43. The Hall–Kier alpha value is -3.42. The molecule has 2 aromatic heterocycles. The maximum atomic E-state index is 13.1. The maximum absolute atomic E-state index is 13.1. The van der Waals surface area contributed by atoms with Gasteiger partial charge in [0.15, 0.2) is 0 Å². The third kappa shape index (κ3) is 6.26. The van der Waals surface area contributed by atoms with Gasteiger partial charge < -0.3 is 24.9 Å². The number of thiazole rings is 1. The first-order valence-electron chi connectivity index (χ1n) is 13.0. The first kappa shape index (κ1) is 27.2. The van der Waals surface area contributed by atoms with Crippen LogP contribution < -0.4 is 10.2 Å². The second-order valence-electron chi connectivity index (χ2n) is 9.98. The molecule has 3 aliphatic rings. The molecule has 0 aromatic carbocycles. The number of nitrogens with zero attached hydrogens (tertiary/aromatic N) is 6. The van der Waals surface area contributed by atoms with Crippen LogP contribution in [0.4, 0.5) is 23.8 Å². The Bertz CT molecular complexity index is 1180. The Balaban J connectivity index is 1.08. The van der Waals surface area contributed by atoms with Crippen LogP contribution in [-0.2, 0) is 4.79 Å². The summed E-state index contributed by atoms with van der Waals surface area (Å²) in [5.74, 6) is -1.28. The third-order valence-corrected chi connectivity index (χ3v) is 8.45. The van der Waals surface area contributed by atoms with Crippen molar-refractivity contribution in [3.05, 3.63) is 40.5 Å². The fraction of sp³-hybridized carbons (Fsp3) is 0.560. The van der Waals surface area contributed by atoms with E-state index in [-0.39, 0.29) is 43.1 Å². The van der Waals surface area contributed by atoms with Gasteiger partial charge in [-0.15, -0.1) is 11.3 Å². The number of nitrogens with one attached hydrogen (secondary N) is 1. The second-order valence-corrected chi connectivity index (χ2v) is 10.9. The quantitative estimate of drug-likeness (QED) is 0.612. The molecule has 5 heterocycles. The molecule has 3 saturated heterocycles. The Morgan fingerprint density at radius 3 is 2.28 bits per heavy atom. The van der Waals surface area contributed by atoms with Crippen LogP contribution in [0.1, 0.15) is 40.7 Å². The van der Waals surface area contributed by atoms with Crippen molar-refractivity contribution < 1.29 is 27.6 Å². The Labute approximate surface area is 227 Å². The lowest BCUT2D eigenvalue weighted by molar-refractivity contribution is -0.174. The molecule has 4 amide bonds. The normalized spacial score (nSPS) is 20.8. The van der Waals surface area contributed by atoms with Crippen LogP contribution in [0.3, 0.4) is 0 Å². The first-order chi connectivity index (χ1) is 18.7. The van der Waals surface area contributed by atoms with E-state index in [9.17, 15) is 27.6 Å². The highest BCUT2D eigenvalue weighted by atomic mass is 32.1. The number of piperidine rings is 1. The molecule has 5 rings (SSSR count). The van der Waals surface area contributed by atoms with E-state index in [1.807, 2.05) is 33.3 Å². The Morgan fingerprint density at radius 2 is 1.62 bits per heavy atom. The van der Waals surface area contributed by atoms with E-state index in [0.717, 1.165) is 36.8 Å². The standard InChI is InChI=1S/C25H30F3N7O3S/c26-25(27,28)23(37)30-18-6-10-35(15-18)22(36)19-16-39-21(31-19)17-4-8-33(9-5-17)24(38)34-13-11-32(12-14-34)20-3-1-2-7-29-20/h1-3,7,16-18H,4-6,8-15H2,(H,30,37).